The van der Waals surface area contributed by atoms with Gasteiger partial charge in [0.2, 0.25) is 0 Å². The van der Waals surface area contributed by atoms with Crippen LogP contribution in [0.15, 0.2) is 54.1 Å². The number of carbonyl (C=O) groups excluding carboxylic acids is 5. The van der Waals surface area contributed by atoms with Crippen LogP contribution in [0.1, 0.15) is 106 Å². The molecule has 0 bridgehead atoms. The lowest BCUT2D eigenvalue weighted by atomic mass is 9.49. The Labute approximate surface area is 362 Å². The third kappa shape index (κ3) is 8.28. The number of alkyl carbamates (subject to hydrolysis) is 1. The van der Waals surface area contributed by atoms with Crippen molar-refractivity contribution in [2.24, 2.45) is 22.7 Å². The van der Waals surface area contributed by atoms with E-state index in [-0.39, 0.29) is 42.9 Å². The van der Waals surface area contributed by atoms with E-state index >= 15 is 0 Å². The molecule has 16 heteroatoms. The van der Waals surface area contributed by atoms with Crippen LogP contribution in [0.5, 0.6) is 0 Å². The summed E-state index contributed by atoms with van der Waals surface area (Å²) in [5.41, 5.74) is -6.62. The smallest absolute Gasteiger partial charge is 0.407 e. The fraction of sp³-hybridized carbons (Fsp3) is 0.674. The summed E-state index contributed by atoms with van der Waals surface area (Å²) < 4.78 is 50.5. The van der Waals surface area contributed by atoms with Crippen LogP contribution in [0.4, 0.5) is 4.79 Å². The van der Waals surface area contributed by atoms with Crippen LogP contribution in [0.25, 0.3) is 0 Å². The topological polar surface area (TPSA) is 212 Å². The van der Waals surface area contributed by atoms with Crippen LogP contribution in [0, 0.1) is 22.7 Å². The van der Waals surface area contributed by atoms with Gasteiger partial charge in [0.15, 0.2) is 24.1 Å². The highest BCUT2D eigenvalue weighted by molar-refractivity contribution is 5.89. The number of carbonyl (C=O) groups is 5. The fourth-order valence-electron chi connectivity index (χ4n) is 10.8. The van der Waals surface area contributed by atoms with Gasteiger partial charge in [0.05, 0.1) is 41.3 Å². The van der Waals surface area contributed by atoms with Gasteiger partial charge in [-0.2, -0.15) is 0 Å². The molecule has 0 radical (unpaired) electrons. The number of aliphatic hydroxyl groups is 2. The third-order valence-electron chi connectivity index (χ3n) is 13.3. The highest BCUT2D eigenvalue weighted by Gasteiger charge is 2.81. The molecular weight excluding hydrogens is 806 g/mol. The molecule has 1 aromatic carbocycles. The summed E-state index contributed by atoms with van der Waals surface area (Å²) in [6.45, 7) is 21.6. The number of amides is 1. The summed E-state index contributed by atoms with van der Waals surface area (Å²) in [5.74, 6) is -4.40. The molecule has 3 N–H and O–H groups in total. The first-order valence-electron chi connectivity index (χ1n) is 21.3. The van der Waals surface area contributed by atoms with Gasteiger partial charge in [0.25, 0.3) is 0 Å². The summed E-state index contributed by atoms with van der Waals surface area (Å²) >= 11 is 0. The Hall–Kier alpha value is -4.35. The molecule has 2 saturated heterocycles. The molecule has 342 valence electrons. The zero-order valence-electron chi connectivity index (χ0n) is 37.6. The lowest BCUT2D eigenvalue weighted by Crippen LogP contribution is -2.80. The van der Waals surface area contributed by atoms with Gasteiger partial charge in [-0.15, -0.1) is 0 Å². The Kier molecular flexibility index (Phi) is 12.9. The minimum absolute atomic E-state index is 0.0845. The van der Waals surface area contributed by atoms with Gasteiger partial charge in [-0.3, -0.25) is 9.59 Å². The second-order valence-corrected chi connectivity index (χ2v) is 19.5. The van der Waals surface area contributed by atoms with Crippen LogP contribution in [-0.2, 0) is 52.3 Å². The van der Waals surface area contributed by atoms with E-state index in [0.717, 1.165) is 0 Å². The molecule has 2 heterocycles. The van der Waals surface area contributed by atoms with Crippen LogP contribution >= 0.6 is 0 Å². The van der Waals surface area contributed by atoms with Gasteiger partial charge in [0.1, 0.15) is 30.0 Å². The first kappa shape index (κ1) is 47.1. The molecule has 1 amide bonds. The largest absolute Gasteiger partial charge is 0.457 e. The van der Waals surface area contributed by atoms with Crippen molar-refractivity contribution < 1.29 is 72.1 Å². The van der Waals surface area contributed by atoms with E-state index in [1.165, 1.54) is 33.8 Å². The number of aliphatic hydroxyl groups excluding tert-OH is 1. The average Bonchev–Trinajstić information content (AvgIpc) is 3.41. The van der Waals surface area contributed by atoms with Crippen molar-refractivity contribution in [3.05, 3.63) is 59.7 Å². The maximum absolute atomic E-state index is 14.6. The van der Waals surface area contributed by atoms with Crippen LogP contribution in [0.2, 0.25) is 0 Å². The Balaban J connectivity index is 1.58. The van der Waals surface area contributed by atoms with E-state index in [9.17, 15) is 34.2 Å². The van der Waals surface area contributed by atoms with Crippen LogP contribution < -0.4 is 5.32 Å². The van der Waals surface area contributed by atoms with Crippen molar-refractivity contribution >= 4 is 30.0 Å². The van der Waals surface area contributed by atoms with Gasteiger partial charge in [-0.1, -0.05) is 45.5 Å². The number of hydrogen-bond acceptors (Lipinski definition) is 15. The number of nitrogens with one attached hydrogen (secondary N) is 1. The average molecular weight is 870 g/mol. The van der Waals surface area contributed by atoms with Crippen molar-refractivity contribution in [1.82, 2.24) is 5.32 Å². The first-order valence-corrected chi connectivity index (χ1v) is 21.3. The summed E-state index contributed by atoms with van der Waals surface area (Å²) in [6.07, 6.45) is -8.88. The highest BCUT2D eigenvalue weighted by atomic mass is 16.7. The number of fused-ring (bicyclic) bond motifs is 3. The summed E-state index contributed by atoms with van der Waals surface area (Å²) in [7, 11) is 0. The second-order valence-electron chi connectivity index (χ2n) is 19.5. The molecule has 62 heavy (non-hydrogen) atoms. The highest BCUT2D eigenvalue weighted by Crippen LogP contribution is 2.70. The standard InChI is InChI=1S/C46H63NO15/c1-13-32-58-30-20-31-46(22-55-31,61-26(6)49)36-38(60-39(51)27-17-15-14-16-18-27)45(43(10,11)54)21-29(24(4)33(45)35(56-25(5)48)37(59-32)44(30,36)12)57-40(52)34(50)28(19-23(2)3)47-41(53)62-42(7,8)9/h13-18,23,28-32,34-38,50,54H,1,19-22H2,2-12H3,(H,47,53)/t28-,29-,30-,31+,32+,34+,35-,36-,37-,38-,44+,45?,46?/m0/s1. The SMILES string of the molecule is C=C[C@@H]1O[C@H]2C[C@H]3OCC3(OC(C)=O)[C@H]3[C@H](OC(=O)c4ccccc4)C4(C(C)(C)O)C[C@H](OC(=O)[C@H](O)[C@H](CC(C)C)NC(=O)OC(C)(C)C)C(C)=C4[C@H](OC(C)=O)[C@H](O1)[C@]23C. The Bertz CT molecular complexity index is 1950. The molecule has 3 aliphatic carbocycles. The monoisotopic (exact) mass is 869 g/mol. The van der Waals surface area contributed by atoms with E-state index in [1.54, 1.807) is 58.0 Å². The molecule has 2 aliphatic heterocycles. The fourth-order valence-corrected chi connectivity index (χ4v) is 10.8. The van der Waals surface area contributed by atoms with Crippen molar-refractivity contribution in [2.45, 2.75) is 167 Å². The number of rotatable bonds is 12. The minimum Gasteiger partial charge on any atom is -0.457 e. The zero-order chi connectivity index (χ0) is 45.9. The molecule has 6 rings (SSSR count). The van der Waals surface area contributed by atoms with Crippen molar-refractivity contribution in [1.29, 1.82) is 0 Å². The molecule has 4 fully saturated rings. The first-order chi connectivity index (χ1) is 28.8. The number of benzene rings is 1. The summed E-state index contributed by atoms with van der Waals surface area (Å²) in [5, 5.41) is 27.1. The van der Waals surface area contributed by atoms with Gasteiger partial charge < -0.3 is 53.4 Å². The van der Waals surface area contributed by atoms with Gasteiger partial charge >= 0.3 is 30.0 Å². The van der Waals surface area contributed by atoms with Gasteiger partial charge in [0, 0.05) is 32.1 Å². The molecule has 2 unspecified atom stereocenters. The molecular formula is C46H63NO15. The lowest BCUT2D eigenvalue weighted by Gasteiger charge is -2.67. The van der Waals surface area contributed by atoms with E-state index in [2.05, 4.69) is 11.9 Å². The van der Waals surface area contributed by atoms with E-state index in [1.807, 2.05) is 20.8 Å². The van der Waals surface area contributed by atoms with Crippen LogP contribution in [-0.4, -0.2) is 119 Å². The molecule has 5 aliphatic rings. The molecule has 13 atom stereocenters. The van der Waals surface area contributed by atoms with Crippen molar-refractivity contribution in [2.75, 3.05) is 6.61 Å². The quantitative estimate of drug-likeness (QED) is 0.145. The zero-order valence-corrected chi connectivity index (χ0v) is 37.6. The van der Waals surface area contributed by atoms with Crippen molar-refractivity contribution in [3.8, 4) is 0 Å². The predicted molar refractivity (Wildman–Crippen MR) is 220 cm³/mol. The Morgan fingerprint density at radius 2 is 1.65 bits per heavy atom. The number of ether oxygens (including phenoxy) is 8. The molecule has 1 aromatic rings. The van der Waals surface area contributed by atoms with E-state index in [4.69, 9.17) is 37.9 Å². The molecule has 0 aromatic heterocycles. The van der Waals surface area contributed by atoms with Crippen molar-refractivity contribution in [3.63, 3.8) is 0 Å². The lowest BCUT2D eigenvalue weighted by molar-refractivity contribution is -0.392. The summed E-state index contributed by atoms with van der Waals surface area (Å²) in [4.78, 5) is 68.3. The van der Waals surface area contributed by atoms with Gasteiger partial charge in [-0.05, 0) is 83.2 Å². The second kappa shape index (κ2) is 17.0. The maximum atomic E-state index is 14.6. The Morgan fingerprint density at radius 1 is 0.984 bits per heavy atom. The predicted octanol–water partition coefficient (Wildman–Crippen LogP) is 4.87. The summed E-state index contributed by atoms with van der Waals surface area (Å²) in [6, 6.07) is 7.11. The Morgan fingerprint density at radius 3 is 2.18 bits per heavy atom. The van der Waals surface area contributed by atoms with E-state index in [0.29, 0.717) is 5.57 Å². The third-order valence-corrected chi connectivity index (χ3v) is 13.3. The van der Waals surface area contributed by atoms with Crippen LogP contribution in [0.3, 0.4) is 0 Å². The number of esters is 4. The minimum atomic E-state index is -1.91. The van der Waals surface area contributed by atoms with Gasteiger partial charge in [-0.25, -0.2) is 14.4 Å². The normalized spacial score (nSPS) is 34.7. The maximum Gasteiger partial charge on any atom is 0.407 e. The molecule has 0 spiro atoms. The molecule has 16 nitrogen and oxygen atoms in total. The molecule has 2 saturated carbocycles. The number of hydrogen-bond donors (Lipinski definition) is 3. The van der Waals surface area contributed by atoms with E-state index < -0.39 is 119 Å².